The van der Waals surface area contributed by atoms with Gasteiger partial charge in [0.1, 0.15) is 10.8 Å². The second-order valence-corrected chi connectivity index (χ2v) is 7.40. The fraction of sp³-hybridized carbons (Fsp3) is 0.421. The molecule has 1 aromatic rings. The molecule has 2 aliphatic carbocycles. The van der Waals surface area contributed by atoms with E-state index in [1.165, 1.54) is 5.57 Å². The number of carboxylic acid groups (broad SMARTS) is 1. The van der Waals surface area contributed by atoms with Crippen LogP contribution in [0.3, 0.4) is 0 Å². The van der Waals surface area contributed by atoms with Crippen molar-refractivity contribution < 1.29 is 14.6 Å². The van der Waals surface area contributed by atoms with Crippen LogP contribution in [-0.4, -0.2) is 17.7 Å². The second-order valence-electron chi connectivity index (χ2n) is 6.64. The number of allylic oxidation sites excluding steroid dienone is 3. The maximum absolute atomic E-state index is 10.8. The predicted molar refractivity (Wildman–Crippen MR) is 97.0 cm³/mol. The molecule has 0 fully saturated rings. The summed E-state index contributed by atoms with van der Waals surface area (Å²) in [7, 11) is 0. The lowest BCUT2D eigenvalue weighted by Crippen LogP contribution is -2.23. The molecular formula is C19H20Cl2O3. The normalized spacial score (nSPS) is 22.0. The van der Waals surface area contributed by atoms with Gasteiger partial charge in [-0.1, -0.05) is 54.8 Å². The minimum absolute atomic E-state index is 0.0800. The first-order valence-electron chi connectivity index (χ1n) is 8.14. The van der Waals surface area contributed by atoms with Crippen molar-refractivity contribution in [3.8, 4) is 5.75 Å². The summed E-state index contributed by atoms with van der Waals surface area (Å²) in [4.78, 5) is 10.8. The number of aliphatic carboxylic acids is 1. The predicted octanol–water partition coefficient (Wildman–Crippen LogP) is 5.53. The van der Waals surface area contributed by atoms with Gasteiger partial charge in [-0.2, -0.15) is 0 Å². The van der Waals surface area contributed by atoms with E-state index in [1.807, 2.05) is 6.07 Å². The van der Waals surface area contributed by atoms with Crippen LogP contribution >= 0.6 is 23.2 Å². The van der Waals surface area contributed by atoms with Gasteiger partial charge < -0.3 is 9.84 Å². The Morgan fingerprint density at radius 3 is 2.83 bits per heavy atom. The van der Waals surface area contributed by atoms with Gasteiger partial charge in [0.05, 0.1) is 5.02 Å². The molecule has 0 saturated heterocycles. The Hall–Kier alpha value is -1.45. The zero-order valence-electron chi connectivity index (χ0n) is 13.6. The molecule has 1 atom stereocenters. The van der Waals surface area contributed by atoms with Gasteiger partial charge >= 0.3 is 5.97 Å². The first kappa shape index (κ1) is 17.4. The molecule has 0 radical (unpaired) electrons. The average molecular weight is 367 g/mol. The quantitative estimate of drug-likeness (QED) is 0.744. The van der Waals surface area contributed by atoms with E-state index in [9.17, 15) is 4.79 Å². The van der Waals surface area contributed by atoms with E-state index in [-0.39, 0.29) is 10.4 Å². The lowest BCUT2D eigenvalue weighted by atomic mass is 9.69. The molecule has 3 rings (SSSR count). The van der Waals surface area contributed by atoms with E-state index in [4.69, 9.17) is 33.0 Å². The number of carboxylic acids is 1. The standard InChI is InChI=1S/C19H20Cl2O3/c1-3-5-19-6-4-11(2)7-13(19)16-12(9-19)8-14(17(20)18(16)21)24-10-15(22)23/h7-8H,2-6,9-10H2,1H3,(H,22,23)/t19-/m1/s1. The van der Waals surface area contributed by atoms with Crippen LogP contribution in [0.5, 0.6) is 5.75 Å². The van der Waals surface area contributed by atoms with Gasteiger partial charge in [-0.25, -0.2) is 4.79 Å². The summed E-state index contributed by atoms with van der Waals surface area (Å²) < 4.78 is 5.32. The van der Waals surface area contributed by atoms with Gasteiger partial charge in [0.15, 0.2) is 6.61 Å². The van der Waals surface area contributed by atoms with Gasteiger partial charge in [-0.3, -0.25) is 0 Å². The van der Waals surface area contributed by atoms with E-state index >= 15 is 0 Å². The van der Waals surface area contributed by atoms with Crippen molar-refractivity contribution >= 4 is 34.7 Å². The Morgan fingerprint density at radius 2 is 2.17 bits per heavy atom. The molecule has 2 aliphatic rings. The molecule has 0 aliphatic heterocycles. The van der Waals surface area contributed by atoms with Gasteiger partial charge in [-0.05, 0) is 42.9 Å². The number of carbonyl (C=O) groups is 1. The number of benzene rings is 1. The molecule has 0 aromatic heterocycles. The molecule has 5 heteroatoms. The lowest BCUT2D eigenvalue weighted by Gasteiger charge is -2.35. The number of fused-ring (bicyclic) bond motifs is 3. The maximum Gasteiger partial charge on any atom is 0.341 e. The molecule has 3 nitrogen and oxygen atoms in total. The van der Waals surface area contributed by atoms with Crippen LogP contribution in [0.25, 0.3) is 5.57 Å². The third-order valence-electron chi connectivity index (χ3n) is 4.98. The largest absolute Gasteiger partial charge is 0.480 e. The fourth-order valence-corrected chi connectivity index (χ4v) is 4.52. The molecule has 0 amide bonds. The van der Waals surface area contributed by atoms with Crippen LogP contribution in [0.15, 0.2) is 24.3 Å². The molecule has 0 bridgehead atoms. The van der Waals surface area contributed by atoms with Crippen LogP contribution in [0.1, 0.15) is 43.7 Å². The van der Waals surface area contributed by atoms with Crippen molar-refractivity contribution in [3.63, 3.8) is 0 Å². The number of halogens is 2. The van der Waals surface area contributed by atoms with Crippen LogP contribution in [0, 0.1) is 5.41 Å². The fourth-order valence-electron chi connectivity index (χ4n) is 4.00. The van der Waals surface area contributed by atoms with Crippen molar-refractivity contribution in [1.82, 2.24) is 0 Å². The zero-order chi connectivity index (χ0) is 17.5. The van der Waals surface area contributed by atoms with Crippen molar-refractivity contribution in [3.05, 3.63) is 45.5 Å². The van der Waals surface area contributed by atoms with E-state index in [0.717, 1.165) is 48.8 Å². The smallest absolute Gasteiger partial charge is 0.341 e. The second kappa shape index (κ2) is 6.45. The topological polar surface area (TPSA) is 46.5 Å². The van der Waals surface area contributed by atoms with Crippen LogP contribution in [0.2, 0.25) is 10.0 Å². The molecule has 0 unspecified atom stereocenters. The highest BCUT2D eigenvalue weighted by Crippen LogP contribution is 2.59. The first-order valence-corrected chi connectivity index (χ1v) is 8.89. The number of hydrogen-bond acceptors (Lipinski definition) is 2. The molecule has 24 heavy (non-hydrogen) atoms. The highest BCUT2D eigenvalue weighted by molar-refractivity contribution is 6.44. The molecule has 0 heterocycles. The minimum Gasteiger partial charge on any atom is -0.480 e. The van der Waals surface area contributed by atoms with Crippen LogP contribution in [0.4, 0.5) is 0 Å². The zero-order valence-corrected chi connectivity index (χ0v) is 15.1. The van der Waals surface area contributed by atoms with E-state index < -0.39 is 12.6 Å². The number of ether oxygens (including phenoxy) is 1. The molecular weight excluding hydrogens is 347 g/mol. The summed E-state index contributed by atoms with van der Waals surface area (Å²) >= 11 is 12.9. The summed E-state index contributed by atoms with van der Waals surface area (Å²) in [6.45, 7) is 5.87. The number of hydrogen-bond donors (Lipinski definition) is 1. The molecule has 1 aromatic carbocycles. The Bertz CT molecular complexity index is 751. The average Bonchev–Trinajstić information content (AvgIpc) is 2.83. The third kappa shape index (κ3) is 2.84. The molecule has 1 N–H and O–H groups in total. The summed E-state index contributed by atoms with van der Waals surface area (Å²) in [5.41, 5.74) is 4.49. The lowest BCUT2D eigenvalue weighted by molar-refractivity contribution is -0.139. The third-order valence-corrected chi connectivity index (χ3v) is 5.83. The van der Waals surface area contributed by atoms with E-state index in [1.54, 1.807) is 0 Å². The van der Waals surface area contributed by atoms with E-state index in [0.29, 0.717) is 10.8 Å². The SMILES string of the molecule is C=C1C=C2c3c(cc(OCC(=O)O)c(Cl)c3Cl)C[C@@]2(CCC)CC1. The van der Waals surface area contributed by atoms with Crippen molar-refractivity contribution in [2.45, 2.75) is 39.0 Å². The summed E-state index contributed by atoms with van der Waals surface area (Å²) in [6.07, 6.45) is 7.26. The van der Waals surface area contributed by atoms with Gasteiger partial charge in [0, 0.05) is 11.0 Å². The van der Waals surface area contributed by atoms with Crippen LogP contribution < -0.4 is 4.74 Å². The minimum atomic E-state index is -1.04. The molecule has 0 saturated carbocycles. The van der Waals surface area contributed by atoms with Crippen LogP contribution in [-0.2, 0) is 11.2 Å². The maximum atomic E-state index is 10.8. The van der Waals surface area contributed by atoms with Crippen molar-refractivity contribution in [2.24, 2.45) is 5.41 Å². The van der Waals surface area contributed by atoms with Crippen molar-refractivity contribution in [1.29, 1.82) is 0 Å². The Kier molecular flexibility index (Phi) is 4.67. The van der Waals surface area contributed by atoms with E-state index in [2.05, 4.69) is 19.6 Å². The van der Waals surface area contributed by atoms with Gasteiger partial charge in [-0.15, -0.1) is 0 Å². The highest BCUT2D eigenvalue weighted by atomic mass is 35.5. The Morgan fingerprint density at radius 1 is 1.42 bits per heavy atom. The monoisotopic (exact) mass is 366 g/mol. The summed E-state index contributed by atoms with van der Waals surface area (Å²) in [5.74, 6) is -0.703. The summed E-state index contributed by atoms with van der Waals surface area (Å²) in [5, 5.41) is 9.55. The molecule has 0 spiro atoms. The summed E-state index contributed by atoms with van der Waals surface area (Å²) in [6, 6.07) is 1.85. The Balaban J connectivity index is 2.09. The van der Waals surface area contributed by atoms with Gasteiger partial charge in [0.2, 0.25) is 0 Å². The van der Waals surface area contributed by atoms with Gasteiger partial charge in [0.25, 0.3) is 0 Å². The van der Waals surface area contributed by atoms with Crippen molar-refractivity contribution in [2.75, 3.05) is 6.61 Å². The highest BCUT2D eigenvalue weighted by Gasteiger charge is 2.44. The molecule has 128 valence electrons. The first-order chi connectivity index (χ1) is 11.4. The Labute approximate surface area is 151 Å². The number of rotatable bonds is 5.